The molecule has 1 aromatic rings. The van der Waals surface area contributed by atoms with Crippen molar-refractivity contribution in [3.8, 4) is 0 Å². The van der Waals surface area contributed by atoms with Crippen molar-refractivity contribution in [3.63, 3.8) is 0 Å². The molecule has 0 aromatic heterocycles. The zero-order valence-corrected chi connectivity index (χ0v) is 12.2. The summed E-state index contributed by atoms with van der Waals surface area (Å²) in [5.41, 5.74) is 0.959. The van der Waals surface area contributed by atoms with E-state index < -0.39 is 16.2 Å². The summed E-state index contributed by atoms with van der Waals surface area (Å²) in [7, 11) is -3.85. The van der Waals surface area contributed by atoms with E-state index in [1.807, 2.05) is 6.92 Å². The predicted molar refractivity (Wildman–Crippen MR) is 71.4 cm³/mol. The van der Waals surface area contributed by atoms with E-state index in [1.54, 1.807) is 19.1 Å². The number of hydrogen-bond acceptors (Lipinski definition) is 5. The molecule has 0 unspecified atom stereocenters. The number of rotatable bonds is 4. The Morgan fingerprint density at radius 2 is 2.00 bits per heavy atom. The van der Waals surface area contributed by atoms with Crippen LogP contribution in [-0.2, 0) is 23.8 Å². The first-order valence-corrected chi connectivity index (χ1v) is 7.67. The van der Waals surface area contributed by atoms with Gasteiger partial charge in [-0.1, -0.05) is 17.7 Å². The smallest absolute Gasteiger partial charge is 0.298 e. The molecule has 110 valence electrons. The van der Waals surface area contributed by atoms with Crippen LogP contribution in [0.3, 0.4) is 0 Å². The maximum absolute atomic E-state index is 12.0. The van der Waals surface area contributed by atoms with Crippen LogP contribution in [0.5, 0.6) is 0 Å². The van der Waals surface area contributed by atoms with Crippen LogP contribution in [0.4, 0.5) is 0 Å². The standard InChI is InChI=1S/C13H17NO5S/c1-10-3-5-12(6-4-10)20(16,17)19-9-14-7-8-18-11(2)13(14)15/h3-6,11H,7-9H2,1-2H3/t11-/m1/s1. The third-order valence-electron chi connectivity index (χ3n) is 3.06. The van der Waals surface area contributed by atoms with Crippen molar-refractivity contribution in [2.24, 2.45) is 0 Å². The van der Waals surface area contributed by atoms with Gasteiger partial charge in [0.25, 0.3) is 16.0 Å². The number of carbonyl (C=O) groups is 1. The van der Waals surface area contributed by atoms with Crippen LogP contribution in [0, 0.1) is 6.92 Å². The maximum atomic E-state index is 12.0. The Bertz CT molecular complexity index is 581. The molecule has 6 nitrogen and oxygen atoms in total. The van der Waals surface area contributed by atoms with Gasteiger partial charge in [-0.3, -0.25) is 4.79 Å². The van der Waals surface area contributed by atoms with Gasteiger partial charge in [0.15, 0.2) is 0 Å². The molecule has 0 N–H and O–H groups in total. The first kappa shape index (κ1) is 15.0. The van der Waals surface area contributed by atoms with Gasteiger partial charge in [-0.05, 0) is 26.0 Å². The molecule has 0 saturated carbocycles. The number of morpholine rings is 1. The molecular formula is C13H17NO5S. The van der Waals surface area contributed by atoms with Gasteiger partial charge in [-0.25, -0.2) is 4.18 Å². The van der Waals surface area contributed by atoms with Gasteiger partial charge in [0, 0.05) is 6.54 Å². The lowest BCUT2D eigenvalue weighted by molar-refractivity contribution is -0.154. The van der Waals surface area contributed by atoms with Gasteiger partial charge in [-0.2, -0.15) is 8.42 Å². The second-order valence-electron chi connectivity index (χ2n) is 4.63. The SMILES string of the molecule is Cc1ccc(S(=O)(=O)OCN2CCO[C@H](C)C2=O)cc1. The molecular weight excluding hydrogens is 282 g/mol. The zero-order valence-electron chi connectivity index (χ0n) is 11.4. The number of ether oxygens (including phenoxy) is 1. The largest absolute Gasteiger partial charge is 0.367 e. The van der Waals surface area contributed by atoms with Crippen LogP contribution >= 0.6 is 0 Å². The molecule has 0 aliphatic carbocycles. The van der Waals surface area contributed by atoms with E-state index in [0.717, 1.165) is 5.56 Å². The lowest BCUT2D eigenvalue weighted by Crippen LogP contribution is -2.47. The molecule has 0 spiro atoms. The third-order valence-corrected chi connectivity index (χ3v) is 4.33. The van der Waals surface area contributed by atoms with E-state index in [2.05, 4.69) is 0 Å². The fraction of sp³-hybridized carbons (Fsp3) is 0.462. The minimum atomic E-state index is -3.85. The minimum Gasteiger partial charge on any atom is -0.367 e. The number of benzene rings is 1. The Morgan fingerprint density at radius 3 is 2.65 bits per heavy atom. The quantitative estimate of drug-likeness (QED) is 0.773. The van der Waals surface area contributed by atoms with Crippen molar-refractivity contribution in [1.29, 1.82) is 0 Å². The topological polar surface area (TPSA) is 72.9 Å². The Kier molecular flexibility index (Phi) is 4.42. The Labute approximate surface area is 118 Å². The van der Waals surface area contributed by atoms with Gasteiger partial charge in [0.05, 0.1) is 11.5 Å². The molecule has 1 amide bonds. The number of aryl methyl sites for hydroxylation is 1. The molecule has 0 bridgehead atoms. The van der Waals surface area contributed by atoms with Crippen molar-refractivity contribution in [2.75, 3.05) is 19.9 Å². The molecule has 2 rings (SSSR count). The van der Waals surface area contributed by atoms with Crippen molar-refractivity contribution in [3.05, 3.63) is 29.8 Å². The molecule has 1 aliphatic rings. The highest BCUT2D eigenvalue weighted by Crippen LogP contribution is 2.14. The molecule has 1 fully saturated rings. The van der Waals surface area contributed by atoms with Crippen LogP contribution in [0.2, 0.25) is 0 Å². The molecule has 1 saturated heterocycles. The molecule has 7 heteroatoms. The fourth-order valence-corrected chi connectivity index (χ4v) is 2.68. The number of amides is 1. The Balaban J connectivity index is 2.02. The monoisotopic (exact) mass is 299 g/mol. The van der Waals surface area contributed by atoms with Gasteiger partial charge in [-0.15, -0.1) is 0 Å². The molecule has 1 aliphatic heterocycles. The molecule has 0 radical (unpaired) electrons. The van der Waals surface area contributed by atoms with Crippen molar-refractivity contribution >= 4 is 16.0 Å². The minimum absolute atomic E-state index is 0.0804. The number of nitrogens with zero attached hydrogens (tertiary/aromatic N) is 1. The van der Waals surface area contributed by atoms with Crippen molar-refractivity contribution in [1.82, 2.24) is 4.90 Å². The molecule has 1 atom stereocenters. The van der Waals surface area contributed by atoms with E-state index in [1.165, 1.54) is 17.0 Å². The van der Waals surface area contributed by atoms with Gasteiger partial charge in [0.2, 0.25) is 0 Å². The summed E-state index contributed by atoms with van der Waals surface area (Å²) in [6, 6.07) is 6.35. The maximum Gasteiger partial charge on any atom is 0.298 e. The van der Waals surface area contributed by atoms with Crippen LogP contribution in [-0.4, -0.2) is 45.2 Å². The van der Waals surface area contributed by atoms with Crippen molar-refractivity contribution in [2.45, 2.75) is 24.8 Å². The van der Waals surface area contributed by atoms with E-state index in [0.29, 0.717) is 13.2 Å². The average Bonchev–Trinajstić information content (AvgIpc) is 2.41. The third kappa shape index (κ3) is 3.36. The van der Waals surface area contributed by atoms with E-state index >= 15 is 0 Å². The normalized spacial score (nSPS) is 20.2. The van der Waals surface area contributed by atoms with Crippen LogP contribution in [0.25, 0.3) is 0 Å². The Morgan fingerprint density at radius 1 is 1.35 bits per heavy atom. The Hall–Kier alpha value is -1.44. The van der Waals surface area contributed by atoms with E-state index in [9.17, 15) is 13.2 Å². The lowest BCUT2D eigenvalue weighted by Gasteiger charge is -2.30. The fourth-order valence-electron chi connectivity index (χ4n) is 1.81. The number of carbonyl (C=O) groups excluding carboxylic acids is 1. The highest BCUT2D eigenvalue weighted by atomic mass is 32.2. The van der Waals surface area contributed by atoms with Gasteiger partial charge < -0.3 is 9.64 Å². The van der Waals surface area contributed by atoms with Crippen LogP contribution in [0.1, 0.15) is 12.5 Å². The van der Waals surface area contributed by atoms with Crippen LogP contribution < -0.4 is 0 Å². The molecule has 1 heterocycles. The van der Waals surface area contributed by atoms with Gasteiger partial charge >= 0.3 is 0 Å². The lowest BCUT2D eigenvalue weighted by atomic mass is 10.2. The predicted octanol–water partition coefficient (Wildman–Crippen LogP) is 0.905. The van der Waals surface area contributed by atoms with Crippen LogP contribution in [0.15, 0.2) is 29.2 Å². The van der Waals surface area contributed by atoms with E-state index in [-0.39, 0.29) is 17.5 Å². The van der Waals surface area contributed by atoms with Gasteiger partial charge in [0.1, 0.15) is 12.8 Å². The van der Waals surface area contributed by atoms with E-state index in [4.69, 9.17) is 8.92 Å². The zero-order chi connectivity index (χ0) is 14.8. The summed E-state index contributed by atoms with van der Waals surface area (Å²) in [6.45, 7) is 3.91. The first-order valence-electron chi connectivity index (χ1n) is 6.26. The summed E-state index contributed by atoms with van der Waals surface area (Å²) in [5, 5.41) is 0. The first-order chi connectivity index (χ1) is 9.40. The van der Waals surface area contributed by atoms with Crippen molar-refractivity contribution < 1.29 is 22.1 Å². The highest BCUT2D eigenvalue weighted by molar-refractivity contribution is 7.86. The molecule has 1 aromatic carbocycles. The second-order valence-corrected chi connectivity index (χ2v) is 6.24. The summed E-state index contributed by atoms with van der Waals surface area (Å²) in [5.74, 6) is -0.268. The summed E-state index contributed by atoms with van der Waals surface area (Å²) in [4.78, 5) is 13.2. The summed E-state index contributed by atoms with van der Waals surface area (Å²) in [6.07, 6.45) is -0.561. The number of hydrogen-bond donors (Lipinski definition) is 0. The second kappa shape index (κ2) is 5.90. The average molecular weight is 299 g/mol. The molecule has 20 heavy (non-hydrogen) atoms. The summed E-state index contributed by atoms with van der Waals surface area (Å²) < 4.78 is 34.1. The summed E-state index contributed by atoms with van der Waals surface area (Å²) >= 11 is 0. The highest BCUT2D eigenvalue weighted by Gasteiger charge is 2.27.